The second-order valence-electron chi connectivity index (χ2n) is 3.18. The molecule has 0 unspecified atom stereocenters. The highest BCUT2D eigenvalue weighted by atomic mass is 32.1. The molecule has 7 nitrogen and oxygen atoms in total. The Morgan fingerprint density at radius 1 is 1.41 bits per heavy atom. The third-order valence-electron chi connectivity index (χ3n) is 1.87. The largest absolute Gasteiger partial charge is 0.307 e. The van der Waals surface area contributed by atoms with Crippen LogP contribution >= 0.6 is 11.3 Å². The van der Waals surface area contributed by atoms with E-state index in [9.17, 15) is 4.79 Å². The number of anilines is 2. The van der Waals surface area contributed by atoms with Crippen LogP contribution in [0.4, 0.5) is 10.9 Å². The maximum atomic E-state index is 11.7. The van der Waals surface area contributed by atoms with Crippen LogP contribution in [0.3, 0.4) is 0 Å². The summed E-state index contributed by atoms with van der Waals surface area (Å²) in [4.78, 5) is 23.6. The number of hydrogen-bond donors (Lipinski definition) is 3. The zero-order valence-corrected chi connectivity index (χ0v) is 9.78. The molecule has 1 amide bonds. The highest BCUT2D eigenvalue weighted by Gasteiger charge is 2.10. The van der Waals surface area contributed by atoms with Crippen molar-refractivity contribution >= 4 is 28.2 Å². The van der Waals surface area contributed by atoms with Crippen LogP contribution in [0.1, 0.15) is 16.2 Å². The minimum absolute atomic E-state index is 0.205. The van der Waals surface area contributed by atoms with E-state index in [0.29, 0.717) is 10.9 Å². The summed E-state index contributed by atoms with van der Waals surface area (Å²) in [5.41, 5.74) is 3.40. The molecule has 2 heterocycles. The molecule has 17 heavy (non-hydrogen) atoms. The van der Waals surface area contributed by atoms with Crippen LogP contribution in [0, 0.1) is 6.92 Å². The van der Waals surface area contributed by atoms with Gasteiger partial charge in [0.2, 0.25) is 0 Å². The molecule has 2 aromatic heterocycles. The van der Waals surface area contributed by atoms with Crippen molar-refractivity contribution in [3.63, 3.8) is 0 Å². The monoisotopic (exact) mass is 250 g/mol. The van der Waals surface area contributed by atoms with Crippen LogP contribution in [-0.2, 0) is 0 Å². The number of carbonyl (C=O) groups excluding carboxylic acids is 1. The Labute approximate surface area is 101 Å². The Hall–Kier alpha value is -2.06. The van der Waals surface area contributed by atoms with Gasteiger partial charge in [-0.1, -0.05) is 0 Å². The smallest absolute Gasteiger partial charge is 0.277 e. The normalized spacial score (nSPS) is 10.0. The highest BCUT2D eigenvalue weighted by molar-refractivity contribution is 7.13. The Balaban J connectivity index is 2.09. The van der Waals surface area contributed by atoms with Crippen molar-refractivity contribution in [2.45, 2.75) is 6.92 Å². The SMILES string of the molecule is Cc1csc(NC(=O)c2cnc(NN)cn2)n1. The van der Waals surface area contributed by atoms with Gasteiger partial charge in [0.05, 0.1) is 18.1 Å². The van der Waals surface area contributed by atoms with Gasteiger partial charge in [0.25, 0.3) is 5.91 Å². The number of carbonyl (C=O) groups is 1. The Kier molecular flexibility index (Phi) is 3.26. The maximum absolute atomic E-state index is 11.7. The number of rotatable bonds is 3. The first-order valence-electron chi connectivity index (χ1n) is 4.71. The number of thiazole rings is 1. The van der Waals surface area contributed by atoms with Crippen molar-refractivity contribution in [3.05, 3.63) is 29.2 Å². The van der Waals surface area contributed by atoms with E-state index in [1.54, 1.807) is 0 Å². The van der Waals surface area contributed by atoms with Crippen LogP contribution < -0.4 is 16.6 Å². The summed E-state index contributed by atoms with van der Waals surface area (Å²) >= 11 is 1.36. The molecule has 0 aliphatic rings. The van der Waals surface area contributed by atoms with E-state index < -0.39 is 0 Å². The lowest BCUT2D eigenvalue weighted by molar-refractivity contribution is 0.102. The van der Waals surface area contributed by atoms with Crippen molar-refractivity contribution in [1.29, 1.82) is 0 Å². The summed E-state index contributed by atoms with van der Waals surface area (Å²) < 4.78 is 0. The molecule has 0 atom stereocenters. The first-order valence-corrected chi connectivity index (χ1v) is 5.59. The maximum Gasteiger partial charge on any atom is 0.277 e. The molecular formula is C9H10N6OS. The molecule has 2 rings (SSSR count). The van der Waals surface area contributed by atoms with Crippen LogP contribution in [0.2, 0.25) is 0 Å². The van der Waals surface area contributed by atoms with Crippen LogP contribution in [0.15, 0.2) is 17.8 Å². The second kappa shape index (κ2) is 4.85. The van der Waals surface area contributed by atoms with E-state index in [2.05, 4.69) is 25.7 Å². The molecule has 4 N–H and O–H groups in total. The van der Waals surface area contributed by atoms with Crippen molar-refractivity contribution < 1.29 is 4.79 Å². The third kappa shape index (κ3) is 2.74. The Morgan fingerprint density at radius 3 is 2.76 bits per heavy atom. The average molecular weight is 250 g/mol. The minimum atomic E-state index is -0.351. The summed E-state index contributed by atoms with van der Waals surface area (Å²) in [5, 5.41) is 5.02. The fraction of sp³-hybridized carbons (Fsp3) is 0.111. The molecular weight excluding hydrogens is 240 g/mol. The van der Waals surface area contributed by atoms with E-state index in [4.69, 9.17) is 5.84 Å². The molecule has 0 radical (unpaired) electrons. The van der Waals surface area contributed by atoms with Crippen molar-refractivity contribution in [1.82, 2.24) is 15.0 Å². The van der Waals surface area contributed by atoms with Gasteiger partial charge in [0, 0.05) is 5.38 Å². The van der Waals surface area contributed by atoms with E-state index in [1.807, 2.05) is 12.3 Å². The molecule has 0 spiro atoms. The summed E-state index contributed by atoms with van der Waals surface area (Å²) in [6.07, 6.45) is 2.72. The van der Waals surface area contributed by atoms with Gasteiger partial charge in [-0.05, 0) is 6.92 Å². The fourth-order valence-corrected chi connectivity index (χ4v) is 1.78. The predicted molar refractivity (Wildman–Crippen MR) is 64.6 cm³/mol. The lowest BCUT2D eigenvalue weighted by atomic mass is 10.4. The van der Waals surface area contributed by atoms with Gasteiger partial charge in [-0.3, -0.25) is 10.1 Å². The van der Waals surface area contributed by atoms with Crippen molar-refractivity contribution in [2.75, 3.05) is 10.7 Å². The third-order valence-corrected chi connectivity index (χ3v) is 2.75. The molecule has 0 aliphatic carbocycles. The van der Waals surface area contributed by atoms with Crippen molar-refractivity contribution in [3.8, 4) is 0 Å². The van der Waals surface area contributed by atoms with Crippen molar-refractivity contribution in [2.24, 2.45) is 5.84 Å². The molecule has 0 saturated carbocycles. The highest BCUT2D eigenvalue weighted by Crippen LogP contribution is 2.15. The number of hydrogen-bond acceptors (Lipinski definition) is 7. The number of nitrogen functional groups attached to an aromatic ring is 1. The van der Waals surface area contributed by atoms with Gasteiger partial charge in [-0.2, -0.15) is 0 Å². The van der Waals surface area contributed by atoms with Gasteiger partial charge < -0.3 is 5.43 Å². The zero-order valence-electron chi connectivity index (χ0n) is 8.97. The summed E-state index contributed by atoms with van der Waals surface area (Å²) in [5.74, 6) is 5.18. The number of amides is 1. The average Bonchev–Trinajstić information content (AvgIpc) is 2.75. The number of nitrogens with one attached hydrogen (secondary N) is 2. The van der Waals surface area contributed by atoms with Gasteiger partial charge in [0.1, 0.15) is 5.69 Å². The quantitative estimate of drug-likeness (QED) is 0.549. The van der Waals surface area contributed by atoms with Gasteiger partial charge in [-0.15, -0.1) is 11.3 Å². The predicted octanol–water partition coefficient (Wildman–Crippen LogP) is 0.779. The van der Waals surface area contributed by atoms with E-state index in [-0.39, 0.29) is 11.6 Å². The van der Waals surface area contributed by atoms with Crippen LogP contribution in [0.5, 0.6) is 0 Å². The number of aromatic nitrogens is 3. The molecule has 0 saturated heterocycles. The van der Waals surface area contributed by atoms with Gasteiger partial charge >= 0.3 is 0 Å². The lowest BCUT2D eigenvalue weighted by Gasteiger charge is -2.01. The second-order valence-corrected chi connectivity index (χ2v) is 4.04. The molecule has 0 aliphatic heterocycles. The topological polar surface area (TPSA) is 106 Å². The van der Waals surface area contributed by atoms with Gasteiger partial charge in [-0.25, -0.2) is 20.8 Å². The standard InChI is InChI=1S/C9H10N6OS/c1-5-4-17-9(13-5)14-8(16)6-2-12-7(15-10)3-11-6/h2-4H,10H2,1H3,(H,12,15)(H,13,14,16). The molecule has 2 aromatic rings. The molecule has 8 heteroatoms. The Morgan fingerprint density at radius 2 is 2.24 bits per heavy atom. The first kappa shape index (κ1) is 11.4. The van der Waals surface area contributed by atoms with E-state index in [1.165, 1.54) is 23.7 Å². The number of nitrogens with two attached hydrogens (primary N) is 1. The Bertz CT molecular complexity index is 523. The molecule has 0 fully saturated rings. The molecule has 0 bridgehead atoms. The summed E-state index contributed by atoms with van der Waals surface area (Å²) in [6.45, 7) is 1.85. The van der Waals surface area contributed by atoms with E-state index >= 15 is 0 Å². The number of hydrazine groups is 1. The van der Waals surface area contributed by atoms with E-state index in [0.717, 1.165) is 5.69 Å². The first-order chi connectivity index (χ1) is 8.19. The lowest BCUT2D eigenvalue weighted by Crippen LogP contribution is -2.15. The molecule has 0 aromatic carbocycles. The summed E-state index contributed by atoms with van der Waals surface area (Å²) in [6, 6.07) is 0. The number of aryl methyl sites for hydroxylation is 1. The zero-order chi connectivity index (χ0) is 12.3. The number of nitrogens with zero attached hydrogens (tertiary/aromatic N) is 3. The fourth-order valence-electron chi connectivity index (χ4n) is 1.09. The molecule has 88 valence electrons. The van der Waals surface area contributed by atoms with Crippen LogP contribution in [-0.4, -0.2) is 20.9 Å². The minimum Gasteiger partial charge on any atom is -0.307 e. The van der Waals surface area contributed by atoms with Gasteiger partial charge in [0.15, 0.2) is 10.9 Å². The van der Waals surface area contributed by atoms with Crippen LogP contribution in [0.25, 0.3) is 0 Å². The summed E-state index contributed by atoms with van der Waals surface area (Å²) in [7, 11) is 0.